The zero-order chi connectivity index (χ0) is 15.6. The van der Waals surface area contributed by atoms with Crippen LogP contribution in [0.4, 0.5) is 0 Å². The molecule has 1 aliphatic rings. The van der Waals surface area contributed by atoms with Gasteiger partial charge in [-0.05, 0) is 75.2 Å². The average molecular weight is 294 g/mol. The lowest BCUT2D eigenvalue weighted by atomic mass is 9.88. The van der Waals surface area contributed by atoms with Gasteiger partial charge in [0.15, 0.2) is 0 Å². The third-order valence-corrected chi connectivity index (χ3v) is 5.48. The molecule has 110 valence electrons. The van der Waals surface area contributed by atoms with E-state index in [0.717, 1.165) is 6.42 Å². The van der Waals surface area contributed by atoms with Crippen molar-refractivity contribution in [2.24, 2.45) is 0 Å². The molecule has 0 heterocycles. The van der Waals surface area contributed by atoms with Crippen molar-refractivity contribution in [3.8, 4) is 11.1 Å². The van der Waals surface area contributed by atoms with Gasteiger partial charge in [-0.15, -0.1) is 0 Å². The average Bonchev–Trinajstić information content (AvgIpc) is 2.97. The molecular formula is C23H18. The topological polar surface area (TPSA) is 0 Å². The van der Waals surface area contributed by atoms with Gasteiger partial charge in [0, 0.05) is 0 Å². The predicted molar refractivity (Wildman–Crippen MR) is 99.2 cm³/mol. The Labute approximate surface area is 136 Å². The minimum absolute atomic E-state index is 1.05. The highest BCUT2D eigenvalue weighted by atomic mass is 14.3. The number of aryl methyl sites for hydroxylation is 2. The van der Waals surface area contributed by atoms with Crippen LogP contribution in [0.25, 0.3) is 32.7 Å². The van der Waals surface area contributed by atoms with Crippen LogP contribution in [0.3, 0.4) is 0 Å². The van der Waals surface area contributed by atoms with Crippen LogP contribution in [0.5, 0.6) is 0 Å². The number of rotatable bonds is 0. The van der Waals surface area contributed by atoms with Crippen LogP contribution >= 0.6 is 0 Å². The van der Waals surface area contributed by atoms with Gasteiger partial charge < -0.3 is 0 Å². The Balaban J connectivity index is 2.09. The first kappa shape index (κ1) is 12.9. The third-order valence-electron chi connectivity index (χ3n) is 5.48. The second-order valence-electron chi connectivity index (χ2n) is 6.66. The third kappa shape index (κ3) is 1.61. The molecule has 0 atom stereocenters. The minimum atomic E-state index is 1.05. The van der Waals surface area contributed by atoms with E-state index in [0.29, 0.717) is 0 Å². The van der Waals surface area contributed by atoms with Crippen LogP contribution in [0.2, 0.25) is 0 Å². The highest BCUT2D eigenvalue weighted by Gasteiger charge is 2.24. The summed E-state index contributed by atoms with van der Waals surface area (Å²) < 4.78 is 0. The molecule has 0 radical (unpaired) electrons. The van der Waals surface area contributed by atoms with Crippen molar-refractivity contribution in [2.75, 3.05) is 0 Å². The van der Waals surface area contributed by atoms with Gasteiger partial charge in [0.05, 0.1) is 0 Å². The smallest absolute Gasteiger partial charge is 0.000695 e. The maximum Gasteiger partial charge on any atom is -0.000695 e. The van der Waals surface area contributed by atoms with Gasteiger partial charge in [0.25, 0.3) is 0 Å². The Bertz CT molecular complexity index is 1100. The van der Waals surface area contributed by atoms with E-state index < -0.39 is 0 Å². The molecule has 0 aliphatic heterocycles. The molecule has 0 bridgehead atoms. The lowest BCUT2D eigenvalue weighted by Crippen LogP contribution is -1.92. The van der Waals surface area contributed by atoms with E-state index in [-0.39, 0.29) is 0 Å². The van der Waals surface area contributed by atoms with Gasteiger partial charge in [-0.2, -0.15) is 0 Å². The first-order chi connectivity index (χ1) is 11.3. The molecule has 0 spiro atoms. The van der Waals surface area contributed by atoms with E-state index in [1.54, 1.807) is 0 Å². The predicted octanol–water partition coefficient (Wildman–Crippen LogP) is 6.18. The molecule has 0 saturated carbocycles. The van der Waals surface area contributed by atoms with Crippen LogP contribution in [-0.2, 0) is 6.42 Å². The van der Waals surface area contributed by atoms with Crippen LogP contribution < -0.4 is 0 Å². The molecule has 0 aromatic heterocycles. The van der Waals surface area contributed by atoms with Gasteiger partial charge >= 0.3 is 0 Å². The quantitative estimate of drug-likeness (QED) is 0.299. The van der Waals surface area contributed by atoms with E-state index in [2.05, 4.69) is 74.5 Å². The Morgan fingerprint density at radius 2 is 1.43 bits per heavy atom. The first-order valence-corrected chi connectivity index (χ1v) is 8.27. The zero-order valence-corrected chi connectivity index (χ0v) is 13.5. The normalized spacial score (nSPS) is 12.6. The van der Waals surface area contributed by atoms with Crippen molar-refractivity contribution in [1.29, 1.82) is 0 Å². The lowest BCUT2D eigenvalue weighted by molar-refractivity contribution is 1.27. The molecule has 0 saturated heterocycles. The fraction of sp³-hybridized carbons (Fsp3) is 0.130. The zero-order valence-electron chi connectivity index (χ0n) is 13.5. The minimum Gasteiger partial charge on any atom is -0.0619 e. The Morgan fingerprint density at radius 3 is 2.30 bits per heavy atom. The highest BCUT2D eigenvalue weighted by Crippen LogP contribution is 2.46. The monoisotopic (exact) mass is 294 g/mol. The largest absolute Gasteiger partial charge is 0.0619 e. The summed E-state index contributed by atoms with van der Waals surface area (Å²) in [6.45, 7) is 4.49. The Morgan fingerprint density at radius 1 is 0.696 bits per heavy atom. The summed E-state index contributed by atoms with van der Waals surface area (Å²) in [7, 11) is 0. The maximum atomic E-state index is 2.31. The van der Waals surface area contributed by atoms with Crippen molar-refractivity contribution in [1.82, 2.24) is 0 Å². The molecule has 0 N–H and O–H groups in total. The van der Waals surface area contributed by atoms with Crippen LogP contribution in [0, 0.1) is 13.8 Å². The SMILES string of the molecule is Cc1ccc2c(c1C)c1c(c3ccccc32)-c2ccccc2C1. The molecule has 5 rings (SSSR count). The van der Waals surface area contributed by atoms with Gasteiger partial charge in [-0.1, -0.05) is 60.7 Å². The molecule has 23 heavy (non-hydrogen) atoms. The summed E-state index contributed by atoms with van der Waals surface area (Å²) in [6, 6.07) is 22.3. The fourth-order valence-corrected chi connectivity index (χ4v) is 4.25. The van der Waals surface area contributed by atoms with Crippen LogP contribution in [0.15, 0.2) is 60.7 Å². The molecule has 1 aliphatic carbocycles. The van der Waals surface area contributed by atoms with Crippen molar-refractivity contribution >= 4 is 21.5 Å². The van der Waals surface area contributed by atoms with Crippen molar-refractivity contribution < 1.29 is 0 Å². The first-order valence-electron chi connectivity index (χ1n) is 8.27. The molecule has 4 aromatic rings. The molecule has 0 heteroatoms. The van der Waals surface area contributed by atoms with E-state index >= 15 is 0 Å². The molecule has 0 nitrogen and oxygen atoms in total. The highest BCUT2D eigenvalue weighted by molar-refractivity contribution is 6.18. The van der Waals surface area contributed by atoms with Crippen molar-refractivity contribution in [3.63, 3.8) is 0 Å². The Hall–Kier alpha value is -2.60. The number of benzene rings is 4. The van der Waals surface area contributed by atoms with Gasteiger partial charge in [-0.3, -0.25) is 0 Å². The number of fused-ring (bicyclic) bond motifs is 8. The van der Waals surface area contributed by atoms with Gasteiger partial charge in [-0.25, -0.2) is 0 Å². The summed E-state index contributed by atoms with van der Waals surface area (Å²) in [5.74, 6) is 0. The number of hydrogen-bond donors (Lipinski definition) is 0. The van der Waals surface area contributed by atoms with E-state index in [1.165, 1.54) is 54.9 Å². The van der Waals surface area contributed by atoms with E-state index in [1.807, 2.05) is 0 Å². The summed E-state index contributed by atoms with van der Waals surface area (Å²) in [6.07, 6.45) is 1.05. The summed E-state index contributed by atoms with van der Waals surface area (Å²) in [4.78, 5) is 0. The summed E-state index contributed by atoms with van der Waals surface area (Å²) in [5.41, 5.74) is 8.66. The van der Waals surface area contributed by atoms with E-state index in [4.69, 9.17) is 0 Å². The molecule has 0 amide bonds. The summed E-state index contributed by atoms with van der Waals surface area (Å²) >= 11 is 0. The van der Waals surface area contributed by atoms with Crippen LogP contribution in [0.1, 0.15) is 22.3 Å². The molecule has 0 unspecified atom stereocenters. The number of hydrogen-bond acceptors (Lipinski definition) is 0. The second-order valence-corrected chi connectivity index (χ2v) is 6.66. The van der Waals surface area contributed by atoms with Crippen molar-refractivity contribution in [2.45, 2.75) is 20.3 Å². The molecular weight excluding hydrogens is 276 g/mol. The molecule has 4 aromatic carbocycles. The maximum absolute atomic E-state index is 2.31. The Kier molecular flexibility index (Phi) is 2.50. The summed E-state index contributed by atoms with van der Waals surface area (Å²) in [5, 5.41) is 5.63. The molecule has 0 fully saturated rings. The fourth-order valence-electron chi connectivity index (χ4n) is 4.25. The van der Waals surface area contributed by atoms with Crippen LogP contribution in [-0.4, -0.2) is 0 Å². The van der Waals surface area contributed by atoms with Gasteiger partial charge in [0.2, 0.25) is 0 Å². The van der Waals surface area contributed by atoms with E-state index in [9.17, 15) is 0 Å². The second kappa shape index (κ2) is 4.45. The van der Waals surface area contributed by atoms with Crippen molar-refractivity contribution in [3.05, 3.63) is 82.9 Å². The van der Waals surface area contributed by atoms with Gasteiger partial charge in [0.1, 0.15) is 0 Å². The lowest BCUT2D eigenvalue weighted by Gasteiger charge is -2.15. The standard InChI is InChI=1S/C23H18/c1-14-11-12-20-18-9-5-6-10-19(18)23-17-8-4-3-7-16(17)13-21(23)22(20)15(14)2/h3-12H,13H2,1-2H3.